The standard InChI is InChI=1S/C22H15ClFN7O2/c1-12-9-18(26-20(32)13-5-4-6-14(23)10-13)31(29-12)22-27-19-15(21(33)28-22)11-25-30(19)17-8-3-2-7-16(17)24/h2-11H,1H3,(H,26,32)(H,27,28,33). The number of H-pyrrole nitrogens is 1. The van der Waals surface area contributed by atoms with Gasteiger partial charge in [0.05, 0.1) is 11.9 Å². The van der Waals surface area contributed by atoms with E-state index >= 15 is 0 Å². The van der Waals surface area contributed by atoms with Crippen LogP contribution in [0.15, 0.2) is 65.6 Å². The number of halogens is 2. The van der Waals surface area contributed by atoms with Crippen molar-refractivity contribution in [2.45, 2.75) is 6.92 Å². The number of carbonyl (C=O) groups excluding carboxylic acids is 1. The highest BCUT2D eigenvalue weighted by atomic mass is 35.5. The first-order chi connectivity index (χ1) is 15.9. The number of aryl methyl sites for hydroxylation is 1. The van der Waals surface area contributed by atoms with Crippen molar-refractivity contribution in [2.24, 2.45) is 0 Å². The molecule has 0 atom stereocenters. The van der Waals surface area contributed by atoms with Gasteiger partial charge in [-0.3, -0.25) is 14.6 Å². The van der Waals surface area contributed by atoms with Crippen molar-refractivity contribution >= 4 is 34.4 Å². The number of para-hydroxylation sites is 1. The second kappa shape index (κ2) is 7.99. The van der Waals surface area contributed by atoms with Crippen LogP contribution >= 0.6 is 11.6 Å². The third-order valence-corrected chi connectivity index (χ3v) is 5.10. The molecule has 0 bridgehead atoms. The summed E-state index contributed by atoms with van der Waals surface area (Å²) in [6.45, 7) is 1.73. The van der Waals surface area contributed by atoms with Crippen LogP contribution in [0.2, 0.25) is 5.02 Å². The Labute approximate surface area is 190 Å². The minimum Gasteiger partial charge on any atom is -0.306 e. The second-order valence-electron chi connectivity index (χ2n) is 7.18. The van der Waals surface area contributed by atoms with E-state index in [-0.39, 0.29) is 28.5 Å². The molecule has 0 saturated heterocycles. The number of nitrogens with one attached hydrogen (secondary N) is 2. The lowest BCUT2D eigenvalue weighted by Crippen LogP contribution is -2.19. The summed E-state index contributed by atoms with van der Waals surface area (Å²) in [7, 11) is 0. The van der Waals surface area contributed by atoms with E-state index in [2.05, 4.69) is 25.5 Å². The maximum absolute atomic E-state index is 14.4. The number of rotatable bonds is 4. The number of nitrogens with zero attached hydrogens (tertiary/aromatic N) is 5. The van der Waals surface area contributed by atoms with Crippen LogP contribution in [-0.2, 0) is 0 Å². The van der Waals surface area contributed by atoms with Crippen molar-refractivity contribution in [3.05, 3.63) is 93.2 Å². The molecule has 0 aliphatic heterocycles. The van der Waals surface area contributed by atoms with Crippen molar-refractivity contribution in [1.82, 2.24) is 29.5 Å². The van der Waals surface area contributed by atoms with Crippen LogP contribution in [0.25, 0.3) is 22.7 Å². The van der Waals surface area contributed by atoms with E-state index in [0.717, 1.165) is 0 Å². The molecule has 5 rings (SSSR count). The van der Waals surface area contributed by atoms with Crippen LogP contribution in [0.3, 0.4) is 0 Å². The predicted octanol–water partition coefficient (Wildman–Crippen LogP) is 3.65. The zero-order valence-corrected chi connectivity index (χ0v) is 17.8. The average Bonchev–Trinajstić information content (AvgIpc) is 3.37. The van der Waals surface area contributed by atoms with Gasteiger partial charge in [-0.25, -0.2) is 9.07 Å². The summed E-state index contributed by atoms with van der Waals surface area (Å²) in [6, 6.07) is 14.1. The SMILES string of the molecule is Cc1cc(NC(=O)c2cccc(Cl)c2)n(-c2nc3c(cnn3-c3ccccc3F)c(=O)[nH]2)n1. The number of hydrogen-bond donors (Lipinski definition) is 2. The van der Waals surface area contributed by atoms with Crippen molar-refractivity contribution in [2.75, 3.05) is 5.32 Å². The molecule has 9 nitrogen and oxygen atoms in total. The summed E-state index contributed by atoms with van der Waals surface area (Å²) in [5, 5.41) is 11.8. The minimum absolute atomic E-state index is 0.0279. The van der Waals surface area contributed by atoms with Gasteiger partial charge < -0.3 is 5.32 Å². The van der Waals surface area contributed by atoms with E-state index in [1.165, 1.54) is 33.8 Å². The number of aromatic amines is 1. The molecule has 1 amide bonds. The van der Waals surface area contributed by atoms with Gasteiger partial charge in [0.1, 0.15) is 22.7 Å². The Balaban J connectivity index is 1.60. The van der Waals surface area contributed by atoms with Crippen molar-refractivity contribution in [3.63, 3.8) is 0 Å². The van der Waals surface area contributed by atoms with Crippen molar-refractivity contribution in [3.8, 4) is 11.6 Å². The molecule has 0 saturated carbocycles. The molecular formula is C22H15ClFN7O2. The zero-order valence-electron chi connectivity index (χ0n) is 17.1. The Morgan fingerprint density at radius 2 is 1.94 bits per heavy atom. The lowest BCUT2D eigenvalue weighted by Gasteiger charge is -2.09. The molecule has 5 aromatic rings. The monoisotopic (exact) mass is 463 g/mol. The molecule has 3 aromatic heterocycles. The quantitative estimate of drug-likeness (QED) is 0.422. The topological polar surface area (TPSA) is 110 Å². The Morgan fingerprint density at radius 3 is 2.73 bits per heavy atom. The van der Waals surface area contributed by atoms with Gasteiger partial charge in [-0.1, -0.05) is 29.8 Å². The lowest BCUT2D eigenvalue weighted by molar-refractivity contribution is 0.102. The van der Waals surface area contributed by atoms with Gasteiger partial charge in [0.15, 0.2) is 5.65 Å². The summed E-state index contributed by atoms with van der Waals surface area (Å²) in [5.41, 5.74) is 0.712. The summed E-state index contributed by atoms with van der Waals surface area (Å²) >= 11 is 5.98. The minimum atomic E-state index is -0.518. The predicted molar refractivity (Wildman–Crippen MR) is 121 cm³/mol. The zero-order chi connectivity index (χ0) is 23.1. The van der Waals surface area contributed by atoms with Gasteiger partial charge in [0.25, 0.3) is 11.5 Å². The number of fused-ring (bicyclic) bond motifs is 1. The van der Waals surface area contributed by atoms with Gasteiger partial charge >= 0.3 is 0 Å². The fraction of sp³-hybridized carbons (Fsp3) is 0.0455. The number of anilines is 1. The highest BCUT2D eigenvalue weighted by molar-refractivity contribution is 6.31. The van der Waals surface area contributed by atoms with E-state index in [4.69, 9.17) is 11.6 Å². The summed E-state index contributed by atoms with van der Waals surface area (Å²) in [6.07, 6.45) is 1.31. The molecule has 164 valence electrons. The van der Waals surface area contributed by atoms with Gasteiger partial charge in [-0.15, -0.1) is 0 Å². The van der Waals surface area contributed by atoms with Gasteiger partial charge in [-0.05, 0) is 37.3 Å². The molecule has 2 aromatic carbocycles. The summed E-state index contributed by atoms with van der Waals surface area (Å²) in [4.78, 5) is 32.5. The smallest absolute Gasteiger partial charge is 0.263 e. The summed E-state index contributed by atoms with van der Waals surface area (Å²) in [5.74, 6) is -0.633. The van der Waals surface area contributed by atoms with Crippen LogP contribution in [0, 0.1) is 12.7 Å². The van der Waals surface area contributed by atoms with Gasteiger partial charge in [-0.2, -0.15) is 19.9 Å². The Bertz CT molecular complexity index is 1590. The molecule has 0 aliphatic carbocycles. The van der Waals surface area contributed by atoms with Crippen LogP contribution in [-0.4, -0.2) is 35.4 Å². The first kappa shape index (κ1) is 20.6. The number of aromatic nitrogens is 6. The number of hydrogen-bond acceptors (Lipinski definition) is 5. The third kappa shape index (κ3) is 3.76. The molecule has 33 heavy (non-hydrogen) atoms. The Kier molecular flexibility index (Phi) is 4.98. The van der Waals surface area contributed by atoms with E-state index < -0.39 is 17.3 Å². The van der Waals surface area contributed by atoms with Crippen LogP contribution < -0.4 is 10.9 Å². The first-order valence-electron chi connectivity index (χ1n) is 9.77. The molecule has 3 heterocycles. The van der Waals surface area contributed by atoms with Crippen LogP contribution in [0.4, 0.5) is 10.2 Å². The number of amides is 1. The maximum Gasteiger partial charge on any atom is 0.263 e. The van der Waals surface area contributed by atoms with Crippen molar-refractivity contribution in [1.29, 1.82) is 0 Å². The van der Waals surface area contributed by atoms with E-state index in [1.54, 1.807) is 43.3 Å². The normalized spacial score (nSPS) is 11.1. The van der Waals surface area contributed by atoms with Gasteiger partial charge in [0.2, 0.25) is 5.95 Å². The van der Waals surface area contributed by atoms with E-state index in [0.29, 0.717) is 16.3 Å². The van der Waals surface area contributed by atoms with Crippen molar-refractivity contribution < 1.29 is 9.18 Å². The largest absolute Gasteiger partial charge is 0.306 e. The highest BCUT2D eigenvalue weighted by Crippen LogP contribution is 2.20. The molecular weight excluding hydrogens is 449 g/mol. The third-order valence-electron chi connectivity index (χ3n) is 4.87. The Morgan fingerprint density at radius 1 is 1.12 bits per heavy atom. The molecule has 11 heteroatoms. The van der Waals surface area contributed by atoms with E-state index in [9.17, 15) is 14.0 Å². The molecule has 2 N–H and O–H groups in total. The Hall–Kier alpha value is -4.31. The molecule has 0 fully saturated rings. The fourth-order valence-electron chi connectivity index (χ4n) is 3.38. The number of benzene rings is 2. The van der Waals surface area contributed by atoms with E-state index in [1.807, 2.05) is 0 Å². The maximum atomic E-state index is 14.4. The van der Waals surface area contributed by atoms with Crippen LogP contribution in [0.5, 0.6) is 0 Å². The second-order valence-corrected chi connectivity index (χ2v) is 7.62. The fourth-order valence-corrected chi connectivity index (χ4v) is 3.57. The average molecular weight is 464 g/mol. The molecule has 0 unspecified atom stereocenters. The molecule has 0 spiro atoms. The van der Waals surface area contributed by atoms with Gasteiger partial charge in [0, 0.05) is 16.7 Å². The van der Waals surface area contributed by atoms with Crippen LogP contribution in [0.1, 0.15) is 16.1 Å². The first-order valence-corrected chi connectivity index (χ1v) is 10.2. The lowest BCUT2D eigenvalue weighted by atomic mass is 10.2. The summed E-state index contributed by atoms with van der Waals surface area (Å²) < 4.78 is 16.9. The molecule has 0 radical (unpaired) electrons. The molecule has 0 aliphatic rings. The highest BCUT2D eigenvalue weighted by Gasteiger charge is 2.18. The number of carbonyl (C=O) groups is 1.